The molecule has 1 aliphatic carbocycles. The molecule has 3 rings (SSSR count). The second-order valence-corrected chi connectivity index (χ2v) is 5.83. The molecule has 0 atom stereocenters. The van der Waals surface area contributed by atoms with Crippen molar-refractivity contribution in [1.29, 1.82) is 0 Å². The molecule has 0 saturated heterocycles. The Morgan fingerprint density at radius 3 is 2.79 bits per heavy atom. The van der Waals surface area contributed by atoms with Gasteiger partial charge in [-0.25, -0.2) is 0 Å². The highest BCUT2D eigenvalue weighted by Crippen LogP contribution is 2.38. The first-order valence-electron chi connectivity index (χ1n) is 6.79. The highest BCUT2D eigenvalue weighted by atomic mass is 79.9. The number of rotatable bonds is 3. The van der Waals surface area contributed by atoms with Gasteiger partial charge in [-0.15, -0.1) is 0 Å². The molecule has 1 N–H and O–H groups in total. The smallest absolute Gasteiger partial charge is 0.175 e. The van der Waals surface area contributed by atoms with Gasteiger partial charge in [-0.05, 0) is 46.5 Å². The van der Waals surface area contributed by atoms with Crippen molar-refractivity contribution in [2.75, 3.05) is 13.2 Å². The lowest BCUT2D eigenvalue weighted by Crippen LogP contribution is -2.25. The number of hydrogen-bond donors (Lipinski definition) is 1. The zero-order chi connectivity index (χ0) is 13.1. The van der Waals surface area contributed by atoms with Crippen LogP contribution in [0.2, 0.25) is 0 Å². The molecule has 0 radical (unpaired) electrons. The van der Waals surface area contributed by atoms with E-state index >= 15 is 0 Å². The summed E-state index contributed by atoms with van der Waals surface area (Å²) >= 11 is 3.58. The summed E-state index contributed by atoms with van der Waals surface area (Å²) in [6, 6.07) is 4.78. The standard InChI is InChI=1S/C15H18BrNO2/c16-13-8-11(10-17-12-4-1-2-5-12)9-14-15(13)19-7-3-6-18-14/h1-2,8-9,12,17H,3-7,10H2. The Balaban J connectivity index is 1.71. The lowest BCUT2D eigenvalue weighted by molar-refractivity contribution is 0.296. The van der Waals surface area contributed by atoms with Crippen LogP contribution in [0.1, 0.15) is 24.8 Å². The van der Waals surface area contributed by atoms with E-state index < -0.39 is 0 Å². The Labute approximate surface area is 122 Å². The largest absolute Gasteiger partial charge is 0.490 e. The summed E-state index contributed by atoms with van der Waals surface area (Å²) in [5.74, 6) is 1.69. The van der Waals surface area contributed by atoms with Crippen molar-refractivity contribution in [3.8, 4) is 11.5 Å². The predicted octanol–water partition coefficient (Wildman–Crippen LogP) is 3.42. The van der Waals surface area contributed by atoms with Gasteiger partial charge in [0.05, 0.1) is 17.7 Å². The van der Waals surface area contributed by atoms with Gasteiger partial charge in [-0.2, -0.15) is 0 Å². The van der Waals surface area contributed by atoms with E-state index in [2.05, 4.69) is 45.5 Å². The molecule has 0 spiro atoms. The van der Waals surface area contributed by atoms with Gasteiger partial charge in [-0.1, -0.05) is 12.2 Å². The van der Waals surface area contributed by atoms with E-state index in [1.165, 1.54) is 5.56 Å². The Morgan fingerprint density at radius 2 is 1.95 bits per heavy atom. The van der Waals surface area contributed by atoms with E-state index in [-0.39, 0.29) is 0 Å². The second kappa shape index (κ2) is 5.97. The van der Waals surface area contributed by atoms with E-state index in [1.54, 1.807) is 0 Å². The summed E-state index contributed by atoms with van der Waals surface area (Å²) in [6.07, 6.45) is 7.67. The first-order valence-corrected chi connectivity index (χ1v) is 7.58. The molecule has 4 heteroatoms. The van der Waals surface area contributed by atoms with Gasteiger partial charge in [-0.3, -0.25) is 0 Å². The van der Waals surface area contributed by atoms with Crippen LogP contribution in [0.5, 0.6) is 11.5 Å². The van der Waals surface area contributed by atoms with Gasteiger partial charge in [0.1, 0.15) is 0 Å². The zero-order valence-electron chi connectivity index (χ0n) is 10.8. The molecule has 0 amide bonds. The van der Waals surface area contributed by atoms with Crippen molar-refractivity contribution in [3.63, 3.8) is 0 Å². The molecule has 0 aromatic heterocycles. The van der Waals surface area contributed by atoms with Crippen LogP contribution in [0.15, 0.2) is 28.8 Å². The SMILES string of the molecule is Brc1cc(CNC2CC=CC2)cc2c1OCCCO2. The molecule has 2 aliphatic rings. The average molecular weight is 324 g/mol. The lowest BCUT2D eigenvalue weighted by Gasteiger charge is -2.15. The third-order valence-electron chi connectivity index (χ3n) is 3.46. The second-order valence-electron chi connectivity index (χ2n) is 4.98. The van der Waals surface area contributed by atoms with E-state index in [0.29, 0.717) is 6.04 Å². The third kappa shape index (κ3) is 3.12. The molecular formula is C15H18BrNO2. The quantitative estimate of drug-likeness (QED) is 0.864. The molecule has 1 aromatic rings. The third-order valence-corrected chi connectivity index (χ3v) is 4.05. The van der Waals surface area contributed by atoms with Crippen molar-refractivity contribution >= 4 is 15.9 Å². The van der Waals surface area contributed by atoms with Crippen molar-refractivity contribution in [3.05, 3.63) is 34.3 Å². The molecule has 19 heavy (non-hydrogen) atoms. The van der Waals surface area contributed by atoms with Gasteiger partial charge in [0.2, 0.25) is 0 Å². The zero-order valence-corrected chi connectivity index (χ0v) is 12.4. The first kappa shape index (κ1) is 13.0. The van der Waals surface area contributed by atoms with Gasteiger partial charge in [0, 0.05) is 19.0 Å². The Bertz CT molecular complexity index is 479. The Kier molecular flexibility index (Phi) is 4.09. The Hall–Kier alpha value is -1.00. The van der Waals surface area contributed by atoms with E-state index in [4.69, 9.17) is 9.47 Å². The molecule has 0 unspecified atom stereocenters. The summed E-state index contributed by atoms with van der Waals surface area (Å²) < 4.78 is 12.4. The van der Waals surface area contributed by atoms with Crippen molar-refractivity contribution in [2.24, 2.45) is 0 Å². The van der Waals surface area contributed by atoms with Crippen LogP contribution in [-0.4, -0.2) is 19.3 Å². The minimum Gasteiger partial charge on any atom is -0.490 e. The first-order chi connectivity index (χ1) is 9.33. The van der Waals surface area contributed by atoms with Crippen LogP contribution in [0.3, 0.4) is 0 Å². The maximum Gasteiger partial charge on any atom is 0.175 e. The lowest BCUT2D eigenvalue weighted by atomic mass is 10.1. The van der Waals surface area contributed by atoms with Gasteiger partial charge in [0.15, 0.2) is 11.5 Å². The molecular weight excluding hydrogens is 306 g/mol. The van der Waals surface area contributed by atoms with Gasteiger partial charge < -0.3 is 14.8 Å². The number of ether oxygens (including phenoxy) is 2. The van der Waals surface area contributed by atoms with E-state index in [9.17, 15) is 0 Å². The van der Waals surface area contributed by atoms with Gasteiger partial charge >= 0.3 is 0 Å². The number of hydrogen-bond acceptors (Lipinski definition) is 3. The molecule has 0 saturated carbocycles. The predicted molar refractivity (Wildman–Crippen MR) is 78.8 cm³/mol. The van der Waals surface area contributed by atoms with Crippen LogP contribution in [0.25, 0.3) is 0 Å². The number of fused-ring (bicyclic) bond motifs is 1. The fourth-order valence-corrected chi connectivity index (χ4v) is 3.04. The fourth-order valence-electron chi connectivity index (χ4n) is 2.43. The number of halogens is 1. The van der Waals surface area contributed by atoms with Gasteiger partial charge in [0.25, 0.3) is 0 Å². The monoisotopic (exact) mass is 323 g/mol. The van der Waals surface area contributed by atoms with E-state index in [1.807, 2.05) is 0 Å². The molecule has 1 aromatic carbocycles. The molecule has 0 bridgehead atoms. The topological polar surface area (TPSA) is 30.5 Å². The van der Waals surface area contributed by atoms with Crippen LogP contribution in [0, 0.1) is 0 Å². The van der Waals surface area contributed by atoms with Crippen molar-refractivity contribution in [1.82, 2.24) is 5.32 Å². The van der Waals surface area contributed by atoms with Crippen LogP contribution >= 0.6 is 15.9 Å². The van der Waals surface area contributed by atoms with Crippen LogP contribution in [0.4, 0.5) is 0 Å². The van der Waals surface area contributed by atoms with Crippen LogP contribution < -0.4 is 14.8 Å². The molecule has 1 aliphatic heterocycles. The highest BCUT2D eigenvalue weighted by Gasteiger charge is 2.16. The number of benzene rings is 1. The van der Waals surface area contributed by atoms with E-state index in [0.717, 1.165) is 55.0 Å². The maximum absolute atomic E-state index is 5.75. The highest BCUT2D eigenvalue weighted by molar-refractivity contribution is 9.10. The summed E-state index contributed by atoms with van der Waals surface area (Å²) in [4.78, 5) is 0. The maximum atomic E-state index is 5.75. The Morgan fingerprint density at radius 1 is 1.16 bits per heavy atom. The molecule has 0 fully saturated rings. The van der Waals surface area contributed by atoms with Crippen molar-refractivity contribution < 1.29 is 9.47 Å². The minimum absolute atomic E-state index is 0.578. The summed E-state index contributed by atoms with van der Waals surface area (Å²) in [7, 11) is 0. The minimum atomic E-state index is 0.578. The fraction of sp³-hybridized carbons (Fsp3) is 0.467. The molecule has 102 valence electrons. The summed E-state index contributed by atoms with van der Waals surface area (Å²) in [5, 5.41) is 3.57. The average Bonchev–Trinajstić information content (AvgIpc) is 2.81. The van der Waals surface area contributed by atoms with Crippen LogP contribution in [-0.2, 0) is 6.54 Å². The summed E-state index contributed by atoms with van der Waals surface area (Å²) in [5.41, 5.74) is 1.23. The summed E-state index contributed by atoms with van der Waals surface area (Å²) in [6.45, 7) is 2.31. The normalized spacial score (nSPS) is 18.6. The van der Waals surface area contributed by atoms with Crippen molar-refractivity contribution in [2.45, 2.75) is 31.8 Å². The number of nitrogens with one attached hydrogen (secondary N) is 1. The molecule has 1 heterocycles. The molecule has 3 nitrogen and oxygen atoms in total.